The fourth-order valence-corrected chi connectivity index (χ4v) is 0.931. The van der Waals surface area contributed by atoms with Gasteiger partial charge in [-0.3, -0.25) is 4.99 Å². The number of nitrogens with two attached hydrogens (primary N) is 1. The number of ether oxygens (including phenoxy) is 2. The van der Waals surface area contributed by atoms with Gasteiger partial charge in [0.1, 0.15) is 0 Å². The van der Waals surface area contributed by atoms with E-state index in [0.717, 1.165) is 26.2 Å². The number of hydrogen-bond acceptors (Lipinski definition) is 3. The Labute approximate surface area is 122 Å². The van der Waals surface area contributed by atoms with Crippen LogP contribution in [0.25, 0.3) is 0 Å². The topological polar surface area (TPSA) is 68.9 Å². The van der Waals surface area contributed by atoms with Crippen molar-refractivity contribution in [2.24, 2.45) is 10.7 Å². The number of nitrogens with zero attached hydrogens (tertiary/aromatic N) is 1. The lowest BCUT2D eigenvalue weighted by Gasteiger charge is -2.20. The number of aliphatic imine (C=N–C) groups is 1. The van der Waals surface area contributed by atoms with Crippen LogP contribution in [0.1, 0.15) is 27.2 Å². The summed E-state index contributed by atoms with van der Waals surface area (Å²) in [5.74, 6) is 0.460. The number of hydrogen-bond donors (Lipinski definition) is 2. The summed E-state index contributed by atoms with van der Waals surface area (Å²) in [5, 5.41) is 3.03. The van der Waals surface area contributed by atoms with Crippen molar-refractivity contribution in [2.75, 3.05) is 33.4 Å². The highest BCUT2D eigenvalue weighted by molar-refractivity contribution is 14.0. The second kappa shape index (κ2) is 11.0. The lowest BCUT2D eigenvalue weighted by Crippen LogP contribution is -2.35. The zero-order chi connectivity index (χ0) is 12.4. The minimum absolute atomic E-state index is 0. The van der Waals surface area contributed by atoms with Gasteiger partial charge in [-0.05, 0) is 27.2 Å². The Balaban J connectivity index is 0. The molecule has 104 valence electrons. The summed E-state index contributed by atoms with van der Waals surface area (Å²) >= 11 is 0. The molecule has 0 unspecified atom stereocenters. The van der Waals surface area contributed by atoms with E-state index < -0.39 is 0 Å². The molecule has 0 heterocycles. The van der Waals surface area contributed by atoms with Crippen molar-refractivity contribution in [1.29, 1.82) is 0 Å². The molecule has 0 spiro atoms. The second-order valence-electron chi connectivity index (χ2n) is 4.14. The van der Waals surface area contributed by atoms with Gasteiger partial charge in [0.05, 0.1) is 12.1 Å². The van der Waals surface area contributed by atoms with Crippen molar-refractivity contribution in [3.8, 4) is 0 Å². The van der Waals surface area contributed by atoms with Gasteiger partial charge in [0.15, 0.2) is 5.96 Å². The fourth-order valence-electron chi connectivity index (χ4n) is 0.931. The molecule has 0 aliphatic rings. The first-order valence-electron chi connectivity index (χ1n) is 5.68. The van der Waals surface area contributed by atoms with Crippen LogP contribution in [-0.4, -0.2) is 45.0 Å². The van der Waals surface area contributed by atoms with E-state index in [4.69, 9.17) is 15.2 Å². The molecule has 0 aromatic carbocycles. The van der Waals surface area contributed by atoms with E-state index in [1.54, 1.807) is 7.11 Å². The molecule has 0 amide bonds. The minimum Gasteiger partial charge on any atom is -0.382 e. The van der Waals surface area contributed by atoms with Crippen molar-refractivity contribution in [2.45, 2.75) is 32.8 Å². The van der Waals surface area contributed by atoms with E-state index in [1.165, 1.54) is 0 Å². The highest BCUT2D eigenvalue weighted by Crippen LogP contribution is 2.06. The number of halogens is 1. The molecule has 17 heavy (non-hydrogen) atoms. The van der Waals surface area contributed by atoms with Gasteiger partial charge in [-0.15, -0.1) is 24.0 Å². The number of rotatable bonds is 8. The number of guanidine groups is 1. The highest BCUT2D eigenvalue weighted by Gasteiger charge is 2.15. The van der Waals surface area contributed by atoms with Gasteiger partial charge < -0.3 is 20.5 Å². The van der Waals surface area contributed by atoms with Crippen LogP contribution < -0.4 is 11.1 Å². The smallest absolute Gasteiger partial charge is 0.188 e. The van der Waals surface area contributed by atoms with Crippen LogP contribution in [0, 0.1) is 0 Å². The van der Waals surface area contributed by atoms with E-state index in [1.807, 2.05) is 20.8 Å². The third kappa shape index (κ3) is 12.2. The zero-order valence-electron chi connectivity index (χ0n) is 11.3. The van der Waals surface area contributed by atoms with Crippen molar-refractivity contribution >= 4 is 29.9 Å². The Morgan fingerprint density at radius 2 is 2.06 bits per heavy atom. The highest BCUT2D eigenvalue weighted by atomic mass is 127. The molecule has 3 N–H and O–H groups in total. The predicted octanol–water partition coefficient (Wildman–Crippen LogP) is 1.36. The maximum absolute atomic E-state index is 5.69. The SMILES string of the molecule is CCOCCCNC(N)=NCC(C)(C)OC.I. The first-order valence-corrected chi connectivity index (χ1v) is 5.68. The molecule has 0 aromatic heterocycles. The average Bonchev–Trinajstić information content (AvgIpc) is 2.26. The lowest BCUT2D eigenvalue weighted by molar-refractivity contribution is 0.0311. The van der Waals surface area contributed by atoms with Crippen LogP contribution in [0.3, 0.4) is 0 Å². The van der Waals surface area contributed by atoms with Crippen LogP contribution in [0.2, 0.25) is 0 Å². The summed E-state index contributed by atoms with van der Waals surface area (Å²) in [6.45, 7) is 8.76. The van der Waals surface area contributed by atoms with Crippen LogP contribution >= 0.6 is 24.0 Å². The lowest BCUT2D eigenvalue weighted by atomic mass is 10.1. The summed E-state index contributed by atoms with van der Waals surface area (Å²) < 4.78 is 10.4. The maximum atomic E-state index is 5.69. The molecule has 6 heteroatoms. The Hall–Kier alpha value is -0.0800. The maximum Gasteiger partial charge on any atom is 0.188 e. The van der Waals surface area contributed by atoms with E-state index >= 15 is 0 Å². The van der Waals surface area contributed by atoms with Gasteiger partial charge in [-0.25, -0.2) is 0 Å². The van der Waals surface area contributed by atoms with E-state index in [-0.39, 0.29) is 29.6 Å². The third-order valence-corrected chi connectivity index (χ3v) is 2.16. The van der Waals surface area contributed by atoms with Crippen molar-refractivity contribution < 1.29 is 9.47 Å². The van der Waals surface area contributed by atoms with Gasteiger partial charge in [0.25, 0.3) is 0 Å². The van der Waals surface area contributed by atoms with Gasteiger partial charge >= 0.3 is 0 Å². The number of methoxy groups -OCH3 is 1. The molecule has 5 nitrogen and oxygen atoms in total. The average molecular weight is 359 g/mol. The third-order valence-electron chi connectivity index (χ3n) is 2.16. The molecule has 0 atom stereocenters. The molecule has 0 saturated heterocycles. The zero-order valence-corrected chi connectivity index (χ0v) is 13.6. The molecular weight excluding hydrogens is 333 g/mol. The monoisotopic (exact) mass is 359 g/mol. The standard InChI is InChI=1S/C11H25N3O2.HI/c1-5-16-8-6-7-13-10(12)14-9-11(2,3)15-4;/h5-9H2,1-4H3,(H3,12,13,14);1H. The molecule has 0 rings (SSSR count). The van der Waals surface area contributed by atoms with Crippen LogP contribution in [0.5, 0.6) is 0 Å². The largest absolute Gasteiger partial charge is 0.382 e. The van der Waals surface area contributed by atoms with E-state index in [0.29, 0.717) is 12.5 Å². The van der Waals surface area contributed by atoms with Crippen molar-refractivity contribution in [1.82, 2.24) is 5.32 Å². The van der Waals surface area contributed by atoms with Gasteiger partial charge in [-0.2, -0.15) is 0 Å². The summed E-state index contributed by atoms with van der Waals surface area (Å²) in [7, 11) is 1.67. The molecule has 0 fully saturated rings. The van der Waals surface area contributed by atoms with Crippen LogP contribution in [-0.2, 0) is 9.47 Å². The van der Waals surface area contributed by atoms with E-state index in [9.17, 15) is 0 Å². The Bertz CT molecular complexity index is 211. The van der Waals surface area contributed by atoms with Gasteiger partial charge in [-0.1, -0.05) is 0 Å². The minimum atomic E-state index is -0.266. The molecule has 0 aliphatic carbocycles. The normalized spacial score (nSPS) is 12.1. The Morgan fingerprint density at radius 1 is 1.41 bits per heavy atom. The quantitative estimate of drug-likeness (QED) is 0.297. The second-order valence-corrected chi connectivity index (χ2v) is 4.14. The summed E-state index contributed by atoms with van der Waals surface area (Å²) in [5.41, 5.74) is 5.43. The van der Waals surface area contributed by atoms with Gasteiger partial charge in [0.2, 0.25) is 0 Å². The summed E-state index contributed by atoms with van der Waals surface area (Å²) in [4.78, 5) is 4.20. The Kier molecular flexibility index (Phi) is 12.5. The van der Waals surface area contributed by atoms with Crippen molar-refractivity contribution in [3.63, 3.8) is 0 Å². The summed E-state index contributed by atoms with van der Waals surface area (Å²) in [6.07, 6.45) is 0.928. The van der Waals surface area contributed by atoms with Crippen molar-refractivity contribution in [3.05, 3.63) is 0 Å². The summed E-state index contributed by atoms with van der Waals surface area (Å²) in [6, 6.07) is 0. The molecule has 0 radical (unpaired) electrons. The first kappa shape index (κ1) is 19.3. The molecular formula is C11H26IN3O2. The number of nitrogens with one attached hydrogen (secondary N) is 1. The van der Waals surface area contributed by atoms with Gasteiger partial charge in [0, 0.05) is 26.9 Å². The Morgan fingerprint density at radius 3 is 2.59 bits per heavy atom. The first-order chi connectivity index (χ1) is 7.52. The van der Waals surface area contributed by atoms with Crippen LogP contribution in [0.15, 0.2) is 4.99 Å². The predicted molar refractivity (Wildman–Crippen MR) is 82.1 cm³/mol. The van der Waals surface area contributed by atoms with E-state index in [2.05, 4.69) is 10.3 Å². The molecule has 0 bridgehead atoms. The molecule has 0 aliphatic heterocycles. The molecule has 0 saturated carbocycles. The van der Waals surface area contributed by atoms with Crippen LogP contribution in [0.4, 0.5) is 0 Å². The molecule has 0 aromatic rings. The fraction of sp³-hybridized carbons (Fsp3) is 0.909.